The van der Waals surface area contributed by atoms with E-state index < -0.39 is 17.7 Å². The fraction of sp³-hybridized carbons (Fsp3) is 0.448. The average molecular weight is 495 g/mol. The van der Waals surface area contributed by atoms with Crippen molar-refractivity contribution in [1.82, 2.24) is 9.80 Å². The zero-order valence-electron chi connectivity index (χ0n) is 22.0. The summed E-state index contributed by atoms with van der Waals surface area (Å²) in [6, 6.07) is 13.6. The zero-order valence-corrected chi connectivity index (χ0v) is 22.0. The number of carbonyl (C=O) groups is 2. The largest absolute Gasteiger partial charge is 0.507 e. The summed E-state index contributed by atoms with van der Waals surface area (Å²) < 4.78 is 11.3. The van der Waals surface area contributed by atoms with E-state index in [-0.39, 0.29) is 17.4 Å². The highest BCUT2D eigenvalue weighted by atomic mass is 16.5. The third-order valence-corrected chi connectivity index (χ3v) is 6.31. The highest BCUT2D eigenvalue weighted by Crippen LogP contribution is 2.40. The van der Waals surface area contributed by atoms with Gasteiger partial charge in [-0.25, -0.2) is 0 Å². The Hall–Kier alpha value is -3.32. The van der Waals surface area contributed by atoms with Gasteiger partial charge in [0, 0.05) is 12.1 Å². The predicted molar refractivity (Wildman–Crippen MR) is 141 cm³/mol. The molecule has 1 fully saturated rings. The van der Waals surface area contributed by atoms with Crippen molar-refractivity contribution < 1.29 is 24.2 Å². The lowest BCUT2D eigenvalue weighted by Gasteiger charge is -2.27. The van der Waals surface area contributed by atoms with E-state index in [4.69, 9.17) is 9.47 Å². The molecule has 0 unspecified atom stereocenters. The number of nitrogens with zero attached hydrogens (tertiary/aromatic N) is 2. The summed E-state index contributed by atoms with van der Waals surface area (Å²) >= 11 is 0. The molecular formula is C29H38N2O5. The van der Waals surface area contributed by atoms with Crippen molar-refractivity contribution in [2.45, 2.75) is 53.2 Å². The van der Waals surface area contributed by atoms with Gasteiger partial charge in [0.05, 0.1) is 24.3 Å². The second kappa shape index (κ2) is 12.6. The number of hydrogen-bond donors (Lipinski definition) is 1. The summed E-state index contributed by atoms with van der Waals surface area (Å²) in [6.07, 6.45) is 0.754. The number of carbonyl (C=O) groups excluding carboxylic acids is 2. The van der Waals surface area contributed by atoms with Gasteiger partial charge < -0.3 is 24.4 Å². The Morgan fingerprint density at radius 1 is 0.972 bits per heavy atom. The molecule has 1 aliphatic rings. The van der Waals surface area contributed by atoms with Crippen molar-refractivity contribution in [2.75, 3.05) is 32.8 Å². The SMILES string of the molecule is CCOc1ccc(/C(O)=C2\C(=O)C(=O)N(CCCN(CC)CC)[C@H]2c2ccc(OC(C)C)cc2)cc1. The van der Waals surface area contributed by atoms with Crippen LogP contribution < -0.4 is 9.47 Å². The lowest BCUT2D eigenvalue weighted by molar-refractivity contribution is -0.140. The van der Waals surface area contributed by atoms with Gasteiger partial charge in [-0.1, -0.05) is 26.0 Å². The molecule has 3 rings (SSSR count). The Morgan fingerprint density at radius 3 is 2.14 bits per heavy atom. The summed E-state index contributed by atoms with van der Waals surface area (Å²) in [5, 5.41) is 11.2. The number of hydrogen-bond acceptors (Lipinski definition) is 6. The van der Waals surface area contributed by atoms with Crippen LogP contribution in [-0.2, 0) is 9.59 Å². The summed E-state index contributed by atoms with van der Waals surface area (Å²) in [4.78, 5) is 30.3. The number of rotatable bonds is 12. The van der Waals surface area contributed by atoms with Crippen LogP contribution in [0, 0.1) is 0 Å². The minimum Gasteiger partial charge on any atom is -0.507 e. The molecule has 1 saturated heterocycles. The van der Waals surface area contributed by atoms with E-state index in [2.05, 4.69) is 18.7 Å². The van der Waals surface area contributed by atoms with Crippen molar-refractivity contribution in [1.29, 1.82) is 0 Å². The highest BCUT2D eigenvalue weighted by molar-refractivity contribution is 6.46. The van der Waals surface area contributed by atoms with Crippen molar-refractivity contribution in [2.24, 2.45) is 0 Å². The van der Waals surface area contributed by atoms with E-state index in [1.165, 1.54) is 0 Å². The maximum Gasteiger partial charge on any atom is 0.295 e. The molecule has 0 spiro atoms. The number of ketones is 1. The van der Waals surface area contributed by atoms with Gasteiger partial charge in [-0.15, -0.1) is 0 Å². The van der Waals surface area contributed by atoms with Crippen LogP contribution in [0.2, 0.25) is 0 Å². The quantitative estimate of drug-likeness (QED) is 0.253. The molecule has 1 heterocycles. The van der Waals surface area contributed by atoms with Gasteiger partial charge in [0.15, 0.2) is 0 Å². The highest BCUT2D eigenvalue weighted by Gasteiger charge is 2.45. The van der Waals surface area contributed by atoms with Crippen molar-refractivity contribution in [3.8, 4) is 11.5 Å². The van der Waals surface area contributed by atoms with Gasteiger partial charge >= 0.3 is 0 Å². The van der Waals surface area contributed by atoms with Gasteiger partial charge in [-0.3, -0.25) is 9.59 Å². The number of benzene rings is 2. The van der Waals surface area contributed by atoms with Crippen LogP contribution in [0.5, 0.6) is 11.5 Å². The normalized spacial score (nSPS) is 17.3. The minimum atomic E-state index is -0.679. The Labute approximate surface area is 214 Å². The van der Waals surface area contributed by atoms with E-state index in [1.54, 1.807) is 29.2 Å². The molecule has 1 atom stereocenters. The Kier molecular flexibility index (Phi) is 9.53. The average Bonchev–Trinajstić information content (AvgIpc) is 3.12. The molecular weight excluding hydrogens is 456 g/mol. The van der Waals surface area contributed by atoms with E-state index in [0.717, 1.165) is 31.6 Å². The second-order valence-corrected chi connectivity index (χ2v) is 9.07. The number of ether oxygens (including phenoxy) is 2. The molecule has 194 valence electrons. The molecule has 7 heteroatoms. The monoisotopic (exact) mass is 494 g/mol. The number of aliphatic hydroxyl groups is 1. The van der Waals surface area contributed by atoms with Crippen LogP contribution in [0.1, 0.15) is 58.2 Å². The Morgan fingerprint density at radius 2 is 1.58 bits per heavy atom. The van der Waals surface area contributed by atoms with Gasteiger partial charge in [0.1, 0.15) is 17.3 Å². The molecule has 7 nitrogen and oxygen atoms in total. The number of Topliss-reactive ketones (excluding diaryl/α,β-unsaturated/α-hetero) is 1. The molecule has 36 heavy (non-hydrogen) atoms. The van der Waals surface area contributed by atoms with E-state index >= 15 is 0 Å². The zero-order chi connectivity index (χ0) is 26.2. The van der Waals surface area contributed by atoms with E-state index in [1.807, 2.05) is 45.0 Å². The van der Waals surface area contributed by atoms with Crippen LogP contribution >= 0.6 is 0 Å². The molecule has 0 aliphatic carbocycles. The maximum absolute atomic E-state index is 13.2. The van der Waals surface area contributed by atoms with Crippen LogP contribution in [0.15, 0.2) is 54.1 Å². The van der Waals surface area contributed by atoms with Crippen molar-refractivity contribution in [3.05, 3.63) is 65.2 Å². The van der Waals surface area contributed by atoms with Gasteiger partial charge in [-0.05, 0) is 88.8 Å². The fourth-order valence-corrected chi connectivity index (χ4v) is 4.49. The molecule has 0 saturated carbocycles. The standard InChI is InChI=1S/C29H38N2O5/c1-6-30(7-2)18-9-19-31-26(21-10-16-24(17-11-21)36-20(4)5)25(28(33)29(31)34)27(32)22-12-14-23(15-13-22)35-8-3/h10-17,20,26,32H,6-9,18-19H2,1-5H3/b27-25+/t26-/m0/s1. The molecule has 0 bridgehead atoms. The molecule has 1 amide bonds. The fourth-order valence-electron chi connectivity index (χ4n) is 4.49. The summed E-state index contributed by atoms with van der Waals surface area (Å²) in [7, 11) is 0. The summed E-state index contributed by atoms with van der Waals surface area (Å²) in [6.45, 7) is 13.6. The molecule has 0 radical (unpaired) electrons. The predicted octanol–water partition coefficient (Wildman–Crippen LogP) is 5.03. The first kappa shape index (κ1) is 27.3. The summed E-state index contributed by atoms with van der Waals surface area (Å²) in [5.41, 5.74) is 1.31. The van der Waals surface area contributed by atoms with Crippen LogP contribution in [0.4, 0.5) is 0 Å². The van der Waals surface area contributed by atoms with Crippen molar-refractivity contribution in [3.63, 3.8) is 0 Å². The number of aliphatic hydroxyl groups excluding tert-OH is 1. The molecule has 2 aromatic carbocycles. The van der Waals surface area contributed by atoms with Crippen LogP contribution in [0.3, 0.4) is 0 Å². The topological polar surface area (TPSA) is 79.3 Å². The van der Waals surface area contributed by atoms with E-state index in [9.17, 15) is 14.7 Å². The third kappa shape index (κ3) is 6.26. The first-order valence-corrected chi connectivity index (χ1v) is 12.8. The number of amides is 1. The Bertz CT molecular complexity index is 1060. The van der Waals surface area contributed by atoms with E-state index in [0.29, 0.717) is 30.2 Å². The van der Waals surface area contributed by atoms with Crippen LogP contribution in [0.25, 0.3) is 5.76 Å². The number of likely N-dealkylation sites (tertiary alicyclic amines) is 1. The smallest absolute Gasteiger partial charge is 0.295 e. The first-order valence-electron chi connectivity index (χ1n) is 12.8. The van der Waals surface area contributed by atoms with Gasteiger partial charge in [0.25, 0.3) is 11.7 Å². The van der Waals surface area contributed by atoms with Crippen LogP contribution in [-0.4, -0.2) is 65.5 Å². The van der Waals surface area contributed by atoms with Gasteiger partial charge in [0.2, 0.25) is 0 Å². The van der Waals surface area contributed by atoms with Gasteiger partial charge in [-0.2, -0.15) is 0 Å². The second-order valence-electron chi connectivity index (χ2n) is 9.07. The first-order chi connectivity index (χ1) is 17.3. The summed E-state index contributed by atoms with van der Waals surface area (Å²) in [5.74, 6) is -0.0663. The minimum absolute atomic E-state index is 0.0289. The molecule has 1 aliphatic heterocycles. The maximum atomic E-state index is 13.2. The molecule has 1 N–H and O–H groups in total. The third-order valence-electron chi connectivity index (χ3n) is 6.31. The molecule has 0 aromatic heterocycles. The Balaban J connectivity index is 2.00. The lowest BCUT2D eigenvalue weighted by Crippen LogP contribution is -2.33. The lowest BCUT2D eigenvalue weighted by atomic mass is 9.95. The van der Waals surface area contributed by atoms with Crippen molar-refractivity contribution >= 4 is 17.4 Å². The molecule has 2 aromatic rings.